The summed E-state index contributed by atoms with van der Waals surface area (Å²) in [7, 11) is 1.68. The van der Waals surface area contributed by atoms with Gasteiger partial charge in [-0.25, -0.2) is 4.98 Å². The second-order valence-electron chi connectivity index (χ2n) is 6.86. The van der Waals surface area contributed by atoms with Gasteiger partial charge in [-0.05, 0) is 48.6 Å². The van der Waals surface area contributed by atoms with Crippen molar-refractivity contribution in [2.75, 3.05) is 25.1 Å². The molecule has 3 aromatic rings. The van der Waals surface area contributed by atoms with Crippen LogP contribution in [-0.4, -0.2) is 37.1 Å². The molecule has 2 aromatic heterocycles. The Morgan fingerprint density at radius 3 is 2.68 bits per heavy atom. The number of amides is 1. The maximum atomic E-state index is 12.4. The first-order valence-electron chi connectivity index (χ1n) is 9.36. The van der Waals surface area contributed by atoms with E-state index in [0.29, 0.717) is 6.42 Å². The van der Waals surface area contributed by atoms with E-state index in [1.807, 2.05) is 22.9 Å². The molecule has 0 aliphatic carbocycles. The van der Waals surface area contributed by atoms with E-state index in [4.69, 9.17) is 4.74 Å². The van der Waals surface area contributed by atoms with Crippen LogP contribution in [0.5, 0.6) is 5.75 Å². The Morgan fingerprint density at radius 2 is 2.00 bits per heavy atom. The van der Waals surface area contributed by atoms with E-state index < -0.39 is 0 Å². The van der Waals surface area contributed by atoms with Crippen LogP contribution in [0, 0.1) is 0 Å². The fraction of sp³-hybridized carbons (Fsp3) is 0.333. The van der Waals surface area contributed by atoms with Gasteiger partial charge in [0.15, 0.2) is 0 Å². The fourth-order valence-electron chi connectivity index (χ4n) is 3.43. The highest BCUT2D eigenvalue weighted by atomic mass is 32.1. The van der Waals surface area contributed by atoms with Crippen molar-refractivity contribution in [3.63, 3.8) is 0 Å². The van der Waals surface area contributed by atoms with E-state index in [9.17, 15) is 4.79 Å². The number of thiophene rings is 1. The number of hydrogen-bond acceptors (Lipinski definition) is 6. The van der Waals surface area contributed by atoms with Gasteiger partial charge in [0.05, 0.1) is 19.2 Å². The third-order valence-electron chi connectivity index (χ3n) is 4.96. The molecule has 7 heteroatoms. The number of thiazole rings is 1. The minimum atomic E-state index is 0.0602. The summed E-state index contributed by atoms with van der Waals surface area (Å²) in [4.78, 5) is 19.4. The standard InChI is InChI=1S/C21H23N3O2S2/c1-26-19-4-2-18(3-5-19)24-9-6-16(7-10-24)22-20(25)12-17-14-28-21(23-17)15-8-11-27-13-15/h2-5,8,11,13-14,16H,6-7,9-10,12H2,1H3,(H,22,25). The molecule has 1 fully saturated rings. The summed E-state index contributed by atoms with van der Waals surface area (Å²) in [5.41, 5.74) is 3.18. The molecule has 0 unspecified atom stereocenters. The van der Waals surface area contributed by atoms with Gasteiger partial charge in [-0.2, -0.15) is 11.3 Å². The van der Waals surface area contributed by atoms with Crippen molar-refractivity contribution in [2.45, 2.75) is 25.3 Å². The molecular formula is C21H23N3O2S2. The molecule has 0 bridgehead atoms. The maximum Gasteiger partial charge on any atom is 0.226 e. The van der Waals surface area contributed by atoms with Gasteiger partial charge in [-0.1, -0.05) is 0 Å². The molecule has 0 spiro atoms. The number of nitrogens with one attached hydrogen (secondary N) is 1. The van der Waals surface area contributed by atoms with Gasteiger partial charge in [0.1, 0.15) is 10.8 Å². The smallest absolute Gasteiger partial charge is 0.226 e. The molecular weight excluding hydrogens is 390 g/mol. The monoisotopic (exact) mass is 413 g/mol. The molecule has 5 nitrogen and oxygen atoms in total. The van der Waals surface area contributed by atoms with Gasteiger partial charge < -0.3 is 15.0 Å². The van der Waals surface area contributed by atoms with Crippen LogP contribution in [0.4, 0.5) is 5.69 Å². The normalized spacial score (nSPS) is 14.8. The third-order valence-corrected chi connectivity index (χ3v) is 6.58. The van der Waals surface area contributed by atoms with Gasteiger partial charge in [-0.15, -0.1) is 11.3 Å². The fourth-order valence-corrected chi connectivity index (χ4v) is 4.96. The second-order valence-corrected chi connectivity index (χ2v) is 8.50. The largest absolute Gasteiger partial charge is 0.497 e. The number of carbonyl (C=O) groups is 1. The Kier molecular flexibility index (Phi) is 5.92. The highest BCUT2D eigenvalue weighted by Gasteiger charge is 2.21. The number of methoxy groups -OCH3 is 1. The van der Waals surface area contributed by atoms with Gasteiger partial charge in [0.2, 0.25) is 5.91 Å². The highest BCUT2D eigenvalue weighted by molar-refractivity contribution is 7.14. The van der Waals surface area contributed by atoms with Crippen LogP contribution in [0.2, 0.25) is 0 Å². The zero-order chi connectivity index (χ0) is 19.3. The number of ether oxygens (including phenoxy) is 1. The molecule has 0 saturated carbocycles. The Bertz CT molecular complexity index is 898. The second kappa shape index (κ2) is 8.75. The molecule has 146 valence electrons. The molecule has 0 radical (unpaired) electrons. The number of rotatable bonds is 6. The molecule has 1 aromatic carbocycles. The predicted molar refractivity (Wildman–Crippen MR) is 116 cm³/mol. The predicted octanol–water partition coefficient (Wildman–Crippen LogP) is 4.21. The molecule has 1 aliphatic rings. The molecule has 1 saturated heterocycles. The van der Waals surface area contributed by atoms with E-state index >= 15 is 0 Å². The van der Waals surface area contributed by atoms with E-state index in [1.165, 1.54) is 5.69 Å². The van der Waals surface area contributed by atoms with Gasteiger partial charge in [0.25, 0.3) is 0 Å². The minimum Gasteiger partial charge on any atom is -0.497 e. The summed E-state index contributed by atoms with van der Waals surface area (Å²) in [6.07, 6.45) is 2.25. The third kappa shape index (κ3) is 4.54. The average Bonchev–Trinajstić information content (AvgIpc) is 3.40. The van der Waals surface area contributed by atoms with Crippen molar-refractivity contribution in [2.24, 2.45) is 0 Å². The summed E-state index contributed by atoms with van der Waals surface area (Å²) in [6.45, 7) is 1.88. The minimum absolute atomic E-state index is 0.0602. The molecule has 4 rings (SSSR count). The SMILES string of the molecule is COc1ccc(N2CCC(NC(=O)Cc3csc(-c4ccsc4)n3)CC2)cc1. The summed E-state index contributed by atoms with van der Waals surface area (Å²) < 4.78 is 5.22. The van der Waals surface area contributed by atoms with Crippen molar-refractivity contribution >= 4 is 34.3 Å². The Labute approximate surface area is 173 Å². The van der Waals surface area contributed by atoms with Crippen molar-refractivity contribution in [3.05, 3.63) is 52.2 Å². The van der Waals surface area contributed by atoms with Crippen LogP contribution < -0.4 is 15.0 Å². The van der Waals surface area contributed by atoms with Gasteiger partial charge in [-0.3, -0.25) is 4.79 Å². The van der Waals surface area contributed by atoms with Crippen LogP contribution in [-0.2, 0) is 11.2 Å². The van der Waals surface area contributed by atoms with Crippen LogP contribution in [0.3, 0.4) is 0 Å². The molecule has 0 atom stereocenters. The molecule has 1 amide bonds. The number of carbonyl (C=O) groups excluding carboxylic acids is 1. The number of piperidine rings is 1. The average molecular weight is 414 g/mol. The lowest BCUT2D eigenvalue weighted by molar-refractivity contribution is -0.121. The van der Waals surface area contributed by atoms with Crippen LogP contribution >= 0.6 is 22.7 Å². The zero-order valence-corrected chi connectivity index (χ0v) is 17.4. The summed E-state index contributed by atoms with van der Waals surface area (Å²) >= 11 is 3.25. The molecule has 28 heavy (non-hydrogen) atoms. The first-order chi connectivity index (χ1) is 13.7. The number of anilines is 1. The first kappa shape index (κ1) is 19.0. The Morgan fingerprint density at radius 1 is 1.21 bits per heavy atom. The number of hydrogen-bond donors (Lipinski definition) is 1. The summed E-state index contributed by atoms with van der Waals surface area (Å²) in [5.74, 6) is 0.931. The van der Waals surface area contributed by atoms with Crippen molar-refractivity contribution in [1.29, 1.82) is 0 Å². The summed E-state index contributed by atoms with van der Waals surface area (Å²) in [5, 5.41) is 10.3. The molecule has 1 aliphatic heterocycles. The summed E-state index contributed by atoms with van der Waals surface area (Å²) in [6, 6.07) is 10.4. The van der Waals surface area contributed by atoms with E-state index in [-0.39, 0.29) is 11.9 Å². The first-order valence-corrected chi connectivity index (χ1v) is 11.2. The Hall–Kier alpha value is -2.38. The lowest BCUT2D eigenvalue weighted by Crippen LogP contribution is -2.45. The van der Waals surface area contributed by atoms with Gasteiger partial charge >= 0.3 is 0 Å². The van der Waals surface area contributed by atoms with Crippen LogP contribution in [0.25, 0.3) is 10.6 Å². The van der Waals surface area contributed by atoms with E-state index in [2.05, 4.69) is 38.8 Å². The van der Waals surface area contributed by atoms with Crippen LogP contribution in [0.15, 0.2) is 46.5 Å². The van der Waals surface area contributed by atoms with E-state index in [1.54, 1.807) is 29.8 Å². The number of benzene rings is 1. The van der Waals surface area contributed by atoms with Crippen molar-refractivity contribution < 1.29 is 9.53 Å². The Balaban J connectivity index is 1.26. The molecule has 3 heterocycles. The number of nitrogens with zero attached hydrogens (tertiary/aromatic N) is 2. The lowest BCUT2D eigenvalue weighted by atomic mass is 10.0. The highest BCUT2D eigenvalue weighted by Crippen LogP contribution is 2.26. The maximum absolute atomic E-state index is 12.4. The van der Waals surface area contributed by atoms with Gasteiger partial charge in [0, 0.05) is 41.1 Å². The van der Waals surface area contributed by atoms with Crippen LogP contribution in [0.1, 0.15) is 18.5 Å². The zero-order valence-electron chi connectivity index (χ0n) is 15.8. The van der Waals surface area contributed by atoms with Crippen molar-refractivity contribution in [3.8, 4) is 16.3 Å². The molecule has 1 N–H and O–H groups in total. The number of aromatic nitrogens is 1. The lowest BCUT2D eigenvalue weighted by Gasteiger charge is -2.34. The van der Waals surface area contributed by atoms with Crippen molar-refractivity contribution in [1.82, 2.24) is 10.3 Å². The topological polar surface area (TPSA) is 54.5 Å². The van der Waals surface area contributed by atoms with E-state index in [0.717, 1.165) is 47.9 Å². The quantitative estimate of drug-likeness (QED) is 0.658.